The molecule has 2 bridgehead atoms. The van der Waals surface area contributed by atoms with E-state index >= 15 is 0 Å². The van der Waals surface area contributed by atoms with Crippen LogP contribution in [0.15, 0.2) is 0 Å². The van der Waals surface area contributed by atoms with E-state index in [2.05, 4.69) is 5.11 Å². The van der Waals surface area contributed by atoms with Crippen molar-refractivity contribution in [2.45, 2.75) is 30.8 Å². The Morgan fingerprint density at radius 3 is 3.25 bits per heavy atom. The highest BCUT2D eigenvalue weighted by Gasteiger charge is 2.60. The van der Waals surface area contributed by atoms with Crippen LogP contribution in [0, 0.1) is 0 Å². The second-order valence-electron chi connectivity index (χ2n) is 3.46. The van der Waals surface area contributed by atoms with E-state index in [0.717, 1.165) is 0 Å². The van der Waals surface area contributed by atoms with Crippen LogP contribution in [0.1, 0.15) is 6.92 Å². The van der Waals surface area contributed by atoms with Crippen molar-refractivity contribution in [3.63, 3.8) is 0 Å². The van der Waals surface area contributed by atoms with Crippen LogP contribution in [0.3, 0.4) is 0 Å². The first kappa shape index (κ1) is 7.26. The maximum Gasteiger partial charge on any atom is 0.210 e. The number of aliphatic hydroxyl groups is 1. The Bertz CT molecular complexity index is 201. The number of aliphatic hydroxyl groups excluding tert-OH is 1. The third-order valence-corrected chi connectivity index (χ3v) is 2.72. The fraction of sp³-hybridized carbons (Fsp3) is 1.00. The lowest BCUT2D eigenvalue weighted by Gasteiger charge is -2.27. The highest BCUT2D eigenvalue weighted by Crippen LogP contribution is 2.40. The van der Waals surface area contributed by atoms with Crippen LogP contribution in [0.5, 0.6) is 0 Å². The third kappa shape index (κ3) is 0.864. The summed E-state index contributed by atoms with van der Waals surface area (Å²) in [7, 11) is 1.63. The maximum atomic E-state index is 6.75. The molecule has 2 heterocycles. The van der Waals surface area contributed by atoms with Gasteiger partial charge in [0.1, 0.15) is 17.8 Å². The molecule has 12 heavy (non-hydrogen) atoms. The molecular weight excluding hydrogens is 160 g/mol. The van der Waals surface area contributed by atoms with Gasteiger partial charge < -0.3 is 19.3 Å². The van der Waals surface area contributed by atoms with Crippen molar-refractivity contribution < 1.29 is 19.3 Å². The molecule has 4 heteroatoms. The molecule has 4 nitrogen and oxygen atoms in total. The first-order valence-corrected chi connectivity index (χ1v) is 4.14. The van der Waals surface area contributed by atoms with Crippen LogP contribution in [0.4, 0.5) is 0 Å². The quantitative estimate of drug-likeness (QED) is 0.632. The van der Waals surface area contributed by atoms with E-state index in [1.54, 1.807) is 7.11 Å². The summed E-state index contributed by atoms with van der Waals surface area (Å²) in [5.41, 5.74) is -0.555. The van der Waals surface area contributed by atoms with E-state index in [1.165, 1.54) is 0 Å². The van der Waals surface area contributed by atoms with Gasteiger partial charge in [0.05, 0.1) is 19.3 Å². The zero-order valence-electron chi connectivity index (χ0n) is 8.28. The smallest absolute Gasteiger partial charge is 0.210 e. The number of fused-ring (bicyclic) bond motifs is 2. The molecule has 2 aliphatic heterocycles. The summed E-state index contributed by atoms with van der Waals surface area (Å²) in [5, 5.41) is 4.39. The molecular formula is C8H14O4. The van der Waals surface area contributed by atoms with E-state index in [0.29, 0.717) is 6.61 Å². The summed E-state index contributed by atoms with van der Waals surface area (Å²) in [6.07, 6.45) is -0.0955. The van der Waals surface area contributed by atoms with Crippen LogP contribution < -0.4 is 0 Å². The first-order valence-electron chi connectivity index (χ1n) is 4.54. The molecule has 0 saturated carbocycles. The van der Waals surface area contributed by atoms with Gasteiger partial charge in [-0.05, 0) is 6.92 Å². The van der Waals surface area contributed by atoms with Gasteiger partial charge in [0, 0.05) is 7.11 Å². The lowest BCUT2D eigenvalue weighted by atomic mass is 10.00. The lowest BCUT2D eigenvalue weighted by molar-refractivity contribution is -0.156. The average Bonchev–Trinajstić information content (AvgIpc) is 2.55. The normalized spacial score (nSPS) is 52.8. The standard InChI is InChI=1S/C8H14O4/c1-5-6-7(10-2)8(3-9,12-5)4-11-6/h5-7,9H,3-4H2,1-2H3/t5-,6+,7+,8+/m0/s1/i9T. The van der Waals surface area contributed by atoms with Gasteiger partial charge in [-0.25, -0.2) is 0 Å². The van der Waals surface area contributed by atoms with Crippen molar-refractivity contribution in [1.82, 2.24) is 0 Å². The van der Waals surface area contributed by atoms with Crippen molar-refractivity contribution in [2.24, 2.45) is 0 Å². The van der Waals surface area contributed by atoms with Crippen LogP contribution in [-0.2, 0) is 14.2 Å². The Labute approximate surface area is 72.9 Å². The largest absolute Gasteiger partial charge is 0.393 e. The van der Waals surface area contributed by atoms with Gasteiger partial charge in [0.15, 0.2) is 0 Å². The number of hydrogen-bond acceptors (Lipinski definition) is 4. The molecule has 0 radical (unpaired) electrons. The van der Waals surface area contributed by atoms with Crippen molar-refractivity contribution in [2.75, 3.05) is 20.3 Å². The molecule has 70 valence electrons. The summed E-state index contributed by atoms with van der Waals surface area (Å²) < 4.78 is 23.3. The molecule has 2 fully saturated rings. The van der Waals surface area contributed by atoms with Gasteiger partial charge >= 0.3 is 0 Å². The molecule has 0 amide bonds. The number of ether oxygens (including phenoxy) is 3. The van der Waals surface area contributed by atoms with Crippen molar-refractivity contribution >= 4 is 0 Å². The molecule has 0 aromatic rings. The van der Waals surface area contributed by atoms with Gasteiger partial charge in [0.25, 0.3) is 0 Å². The second kappa shape index (κ2) is 2.67. The van der Waals surface area contributed by atoms with E-state index in [-0.39, 0.29) is 24.9 Å². The fourth-order valence-electron chi connectivity index (χ4n) is 2.13. The molecule has 2 saturated heterocycles. The molecule has 2 aliphatic rings. The second-order valence-corrected chi connectivity index (χ2v) is 3.46. The fourth-order valence-corrected chi connectivity index (χ4v) is 2.13. The minimum atomic E-state index is -0.555. The van der Waals surface area contributed by atoms with E-state index in [4.69, 9.17) is 15.6 Å². The van der Waals surface area contributed by atoms with Gasteiger partial charge in [0.2, 0.25) is 1.43 Å². The summed E-state index contributed by atoms with van der Waals surface area (Å²) in [6.45, 7) is 2.60. The molecule has 0 aromatic carbocycles. The van der Waals surface area contributed by atoms with Crippen LogP contribution in [-0.4, -0.2) is 50.8 Å². The van der Waals surface area contributed by atoms with Crippen molar-refractivity contribution in [3.8, 4) is 0 Å². The molecule has 0 aromatic heterocycles. The highest BCUT2D eigenvalue weighted by molar-refractivity contribution is 5.07. The number of methoxy groups -OCH3 is 1. The van der Waals surface area contributed by atoms with Crippen LogP contribution in [0.2, 0.25) is 0 Å². The van der Waals surface area contributed by atoms with Crippen LogP contribution in [0.25, 0.3) is 0 Å². The molecule has 4 atom stereocenters. The summed E-state index contributed by atoms with van der Waals surface area (Å²) >= 11 is 0. The SMILES string of the molecule is [3H]OC[C@]12CO[C@H]([C@H](C)O1)[C@H]2OC. The maximum absolute atomic E-state index is 6.75. The molecule has 2 rings (SSSR count). The van der Waals surface area contributed by atoms with Gasteiger partial charge in [-0.15, -0.1) is 0 Å². The molecule has 0 aliphatic carbocycles. The number of rotatable bonds is 3. The molecule has 0 spiro atoms. The zero-order valence-corrected chi connectivity index (χ0v) is 7.28. The Morgan fingerprint density at radius 1 is 1.83 bits per heavy atom. The Kier molecular flexibility index (Phi) is 1.61. The van der Waals surface area contributed by atoms with Gasteiger partial charge in [-0.1, -0.05) is 0 Å². The lowest BCUT2D eigenvalue weighted by Crippen LogP contribution is -2.45. The first-order chi connectivity index (χ1) is 6.23. The van der Waals surface area contributed by atoms with E-state index in [1.807, 2.05) is 6.92 Å². The zero-order chi connectivity index (χ0) is 9.47. The van der Waals surface area contributed by atoms with Gasteiger partial charge in [-0.3, -0.25) is 0 Å². The Morgan fingerprint density at radius 2 is 2.67 bits per heavy atom. The molecule has 0 unspecified atom stereocenters. The third-order valence-electron chi connectivity index (χ3n) is 2.72. The monoisotopic (exact) mass is 176 g/mol. The van der Waals surface area contributed by atoms with Gasteiger partial charge in [-0.2, -0.15) is 0 Å². The van der Waals surface area contributed by atoms with Crippen molar-refractivity contribution in [1.29, 1.82) is 1.43 Å². The number of hydrogen-bond donors (Lipinski definition) is 1. The predicted molar refractivity (Wildman–Crippen MR) is 40.9 cm³/mol. The van der Waals surface area contributed by atoms with E-state index in [9.17, 15) is 0 Å². The Hall–Kier alpha value is -0.160. The minimum absolute atomic E-state index is 0.0138. The van der Waals surface area contributed by atoms with Crippen LogP contribution >= 0.6 is 0 Å². The minimum Gasteiger partial charge on any atom is -0.393 e. The summed E-state index contributed by atoms with van der Waals surface area (Å²) in [6, 6.07) is 0. The predicted octanol–water partition coefficient (Wildman–Crippen LogP) is -0.450. The average molecular weight is 176 g/mol. The molecule has 1 N–H and O–H groups in total. The topological polar surface area (TPSA) is 47.9 Å². The summed E-state index contributed by atoms with van der Waals surface area (Å²) in [4.78, 5) is 0. The van der Waals surface area contributed by atoms with Crippen molar-refractivity contribution in [3.05, 3.63) is 0 Å². The summed E-state index contributed by atoms with van der Waals surface area (Å²) in [5.74, 6) is 0. The van der Waals surface area contributed by atoms with E-state index < -0.39 is 5.60 Å². The Balaban J connectivity index is 2.17. The highest BCUT2D eigenvalue weighted by atomic mass is 16.7.